The lowest BCUT2D eigenvalue weighted by molar-refractivity contribution is 0.0446. The molecule has 0 unspecified atom stereocenters. The number of carbonyl (C=O) groups is 4. The van der Waals surface area contributed by atoms with Crippen molar-refractivity contribution in [2.24, 2.45) is 0 Å². The van der Waals surface area contributed by atoms with Crippen LogP contribution in [0.2, 0.25) is 0 Å². The van der Waals surface area contributed by atoms with Gasteiger partial charge in [0.25, 0.3) is 0 Å². The molecule has 1 N–H and O–H groups in total. The fraction of sp³-hybridized carbons (Fsp3) is 0.290. The predicted molar refractivity (Wildman–Crippen MR) is 150 cm³/mol. The number of rotatable bonds is 11. The summed E-state index contributed by atoms with van der Waals surface area (Å²) in [5, 5.41) is 0.564. The van der Waals surface area contributed by atoms with Crippen molar-refractivity contribution >= 4 is 45.7 Å². The van der Waals surface area contributed by atoms with Gasteiger partial charge in [-0.25, -0.2) is 19.2 Å². The van der Waals surface area contributed by atoms with Gasteiger partial charge < -0.3 is 28.7 Å². The Hall–Kier alpha value is -4.86. The number of fused-ring (bicyclic) bond motifs is 3. The zero-order valence-electron chi connectivity index (χ0n) is 23.3. The minimum absolute atomic E-state index is 0.0113. The average Bonchev–Trinajstić information content (AvgIpc) is 3.35. The molecule has 0 bridgehead atoms. The fourth-order valence-corrected chi connectivity index (χ4v) is 4.64. The van der Waals surface area contributed by atoms with Gasteiger partial charge in [0.1, 0.15) is 12.4 Å². The first-order valence-electron chi connectivity index (χ1n) is 13.4. The van der Waals surface area contributed by atoms with Crippen molar-refractivity contribution in [2.75, 3.05) is 26.4 Å². The summed E-state index contributed by atoms with van der Waals surface area (Å²) in [6.45, 7) is 6.45. The number of nitrogens with one attached hydrogen (secondary N) is 1. The van der Waals surface area contributed by atoms with E-state index in [2.05, 4.69) is 4.98 Å². The van der Waals surface area contributed by atoms with E-state index in [1.165, 1.54) is 0 Å². The Balaban J connectivity index is 2.18. The summed E-state index contributed by atoms with van der Waals surface area (Å²) in [4.78, 5) is 57.1. The van der Waals surface area contributed by atoms with E-state index >= 15 is 0 Å². The lowest BCUT2D eigenvalue weighted by Gasteiger charge is -2.18. The highest BCUT2D eigenvalue weighted by molar-refractivity contribution is 6.29. The topological polar surface area (TPSA) is 130 Å². The Morgan fingerprint density at radius 2 is 1.10 bits per heavy atom. The summed E-state index contributed by atoms with van der Waals surface area (Å²) in [5.41, 5.74) is 0.0699. The number of esters is 4. The Kier molecular flexibility index (Phi) is 9.23. The Morgan fingerprint density at radius 3 is 1.66 bits per heavy atom. The third kappa shape index (κ3) is 5.72. The van der Waals surface area contributed by atoms with Crippen LogP contribution < -0.4 is 4.74 Å². The molecule has 0 aliphatic carbocycles. The Bertz CT molecular complexity index is 1600. The molecular formula is C31H31NO9. The van der Waals surface area contributed by atoms with Crippen LogP contribution >= 0.6 is 0 Å². The number of H-pyrrole nitrogens is 1. The van der Waals surface area contributed by atoms with Crippen LogP contribution in [0.25, 0.3) is 21.8 Å². The molecule has 0 saturated carbocycles. The summed E-state index contributed by atoms with van der Waals surface area (Å²) in [5.74, 6) is -3.40. The number of benzene rings is 3. The van der Waals surface area contributed by atoms with Gasteiger partial charge in [-0.3, -0.25) is 0 Å². The monoisotopic (exact) mass is 561 g/mol. The van der Waals surface area contributed by atoms with Crippen LogP contribution in [0.4, 0.5) is 0 Å². The third-order valence-corrected chi connectivity index (χ3v) is 6.19. The molecule has 1 heterocycles. The van der Waals surface area contributed by atoms with E-state index in [4.69, 9.17) is 23.7 Å². The molecule has 0 saturated heterocycles. The summed E-state index contributed by atoms with van der Waals surface area (Å²) in [6, 6.07) is 14.7. The zero-order chi connectivity index (χ0) is 29.5. The normalized spacial score (nSPS) is 10.8. The summed E-state index contributed by atoms with van der Waals surface area (Å²) >= 11 is 0. The van der Waals surface area contributed by atoms with E-state index < -0.39 is 35.0 Å². The van der Waals surface area contributed by atoms with E-state index in [0.717, 1.165) is 5.56 Å². The van der Waals surface area contributed by atoms with Gasteiger partial charge in [0, 0.05) is 5.39 Å². The molecule has 214 valence electrons. The summed E-state index contributed by atoms with van der Waals surface area (Å²) in [7, 11) is 0. The second kappa shape index (κ2) is 13.0. The molecule has 0 atom stereocenters. The number of ether oxygens (including phenoxy) is 5. The van der Waals surface area contributed by atoms with Gasteiger partial charge in [-0.1, -0.05) is 36.4 Å². The fourth-order valence-electron chi connectivity index (χ4n) is 4.64. The van der Waals surface area contributed by atoms with E-state index in [9.17, 15) is 19.2 Å². The highest BCUT2D eigenvalue weighted by Gasteiger charge is 2.38. The summed E-state index contributed by atoms with van der Waals surface area (Å²) < 4.78 is 27.4. The summed E-state index contributed by atoms with van der Waals surface area (Å²) in [6.07, 6.45) is 0. The van der Waals surface area contributed by atoms with Crippen molar-refractivity contribution < 1.29 is 42.9 Å². The van der Waals surface area contributed by atoms with Gasteiger partial charge in [0.05, 0.1) is 65.1 Å². The van der Waals surface area contributed by atoms with E-state index in [0.29, 0.717) is 16.7 Å². The van der Waals surface area contributed by atoms with Crippen molar-refractivity contribution in [3.05, 3.63) is 76.3 Å². The molecule has 4 rings (SSSR count). The molecule has 10 nitrogen and oxygen atoms in total. The van der Waals surface area contributed by atoms with Gasteiger partial charge in [-0.15, -0.1) is 0 Å². The molecule has 4 aromatic rings. The van der Waals surface area contributed by atoms with Crippen molar-refractivity contribution in [3.63, 3.8) is 0 Å². The van der Waals surface area contributed by atoms with Gasteiger partial charge in [-0.2, -0.15) is 0 Å². The second-order valence-corrected chi connectivity index (χ2v) is 8.71. The first-order chi connectivity index (χ1) is 19.9. The van der Waals surface area contributed by atoms with Crippen molar-refractivity contribution in [2.45, 2.75) is 34.3 Å². The number of hydrogen-bond donors (Lipinski definition) is 1. The SMILES string of the molecule is CCOC(=O)c1c(C(=O)OCC)c(C(=O)OCC)c2c([nH]c3cccc(OCc4ccccc4)c32)c1C(=O)OCC. The van der Waals surface area contributed by atoms with Crippen LogP contribution in [0.3, 0.4) is 0 Å². The van der Waals surface area contributed by atoms with Crippen molar-refractivity contribution in [1.82, 2.24) is 4.98 Å². The van der Waals surface area contributed by atoms with Gasteiger partial charge in [0.2, 0.25) is 0 Å². The molecule has 3 aromatic carbocycles. The Morgan fingerprint density at radius 1 is 0.585 bits per heavy atom. The zero-order valence-corrected chi connectivity index (χ0v) is 23.3. The van der Waals surface area contributed by atoms with Crippen LogP contribution in [0.5, 0.6) is 5.75 Å². The smallest absolute Gasteiger partial charge is 0.341 e. The van der Waals surface area contributed by atoms with Crippen LogP contribution in [0, 0.1) is 0 Å². The molecule has 0 aliphatic heterocycles. The predicted octanol–water partition coefficient (Wildman–Crippen LogP) is 5.61. The van der Waals surface area contributed by atoms with Crippen LogP contribution in [-0.2, 0) is 25.6 Å². The van der Waals surface area contributed by atoms with E-state index in [1.54, 1.807) is 45.9 Å². The second-order valence-electron chi connectivity index (χ2n) is 8.71. The molecule has 1 aromatic heterocycles. The minimum Gasteiger partial charge on any atom is -0.488 e. The molecule has 0 aliphatic rings. The molecule has 0 spiro atoms. The maximum atomic E-state index is 13.6. The number of hydrogen-bond acceptors (Lipinski definition) is 9. The Labute approximate surface area is 236 Å². The molecule has 10 heteroatoms. The van der Waals surface area contributed by atoms with Gasteiger partial charge >= 0.3 is 23.9 Å². The number of aromatic nitrogens is 1. The van der Waals surface area contributed by atoms with Crippen LogP contribution in [0.15, 0.2) is 48.5 Å². The average molecular weight is 562 g/mol. The quantitative estimate of drug-likeness (QED) is 0.183. The van der Waals surface area contributed by atoms with Gasteiger partial charge in [0.15, 0.2) is 0 Å². The van der Waals surface area contributed by atoms with Crippen LogP contribution in [0.1, 0.15) is 74.7 Å². The minimum atomic E-state index is -0.997. The maximum Gasteiger partial charge on any atom is 0.341 e. The number of aromatic amines is 1. The first kappa shape index (κ1) is 29.1. The molecule has 0 amide bonds. The van der Waals surface area contributed by atoms with Gasteiger partial charge in [-0.05, 0) is 45.4 Å². The highest BCUT2D eigenvalue weighted by Crippen LogP contribution is 2.41. The van der Waals surface area contributed by atoms with Crippen LogP contribution in [-0.4, -0.2) is 55.3 Å². The van der Waals surface area contributed by atoms with Crippen molar-refractivity contribution in [3.8, 4) is 5.75 Å². The lowest BCUT2D eigenvalue weighted by Crippen LogP contribution is -2.24. The standard InChI is InChI=1S/C31H31NO9/c1-5-37-28(33)23-22-21-19(15-12-16-20(21)41-17-18-13-10-9-11-14-18)32-27(22)26(31(36)40-8-4)25(30(35)39-7-3)24(23)29(34)38-6-2/h9-16,32H,5-8,17H2,1-4H3. The highest BCUT2D eigenvalue weighted by atomic mass is 16.5. The number of carbonyl (C=O) groups excluding carboxylic acids is 4. The van der Waals surface area contributed by atoms with E-state index in [-0.39, 0.29) is 55.1 Å². The molecule has 0 radical (unpaired) electrons. The van der Waals surface area contributed by atoms with E-state index in [1.807, 2.05) is 30.3 Å². The van der Waals surface area contributed by atoms with Crippen molar-refractivity contribution in [1.29, 1.82) is 0 Å². The third-order valence-electron chi connectivity index (χ3n) is 6.19. The lowest BCUT2D eigenvalue weighted by atomic mass is 9.90. The largest absolute Gasteiger partial charge is 0.488 e. The molecule has 0 fully saturated rings. The molecule has 41 heavy (non-hydrogen) atoms. The maximum absolute atomic E-state index is 13.6. The first-order valence-corrected chi connectivity index (χ1v) is 13.4. The molecular weight excluding hydrogens is 530 g/mol.